The molecule has 0 bridgehead atoms. The van der Waals surface area contributed by atoms with Crippen LogP contribution < -0.4 is 11.2 Å². The van der Waals surface area contributed by atoms with Crippen molar-refractivity contribution in [2.24, 2.45) is 7.05 Å². The molecular formula is C17H22N4O2S. The molecule has 2 aromatic heterocycles. The second-order valence-corrected chi connectivity index (χ2v) is 6.72. The standard InChI is InChI=1S/C17H22N4O2S/c1-6-8-10-24-15-12-14(18-13(19-15)11(3)4)21(9-7-2)17(23)20(5)16(12)22/h11H,7,9-10H2,1-5H3. The highest BCUT2D eigenvalue weighted by molar-refractivity contribution is 7.99. The van der Waals surface area contributed by atoms with E-state index in [-0.39, 0.29) is 17.2 Å². The van der Waals surface area contributed by atoms with Gasteiger partial charge in [-0.05, 0) is 13.3 Å². The second kappa shape index (κ2) is 7.67. The van der Waals surface area contributed by atoms with Crippen LogP contribution in [0.3, 0.4) is 0 Å². The Bertz CT molecular complexity index is 932. The number of fused-ring (bicyclic) bond motifs is 1. The van der Waals surface area contributed by atoms with Gasteiger partial charge in [-0.15, -0.1) is 5.92 Å². The van der Waals surface area contributed by atoms with E-state index >= 15 is 0 Å². The molecule has 6 nitrogen and oxygen atoms in total. The maximum Gasteiger partial charge on any atom is 0.332 e. The lowest BCUT2D eigenvalue weighted by Crippen LogP contribution is -2.39. The molecule has 24 heavy (non-hydrogen) atoms. The van der Waals surface area contributed by atoms with Crippen LogP contribution in [0, 0.1) is 11.8 Å². The number of aryl methyl sites for hydroxylation is 1. The first kappa shape index (κ1) is 18.3. The molecule has 0 radical (unpaired) electrons. The molecule has 0 fully saturated rings. The minimum absolute atomic E-state index is 0.0975. The third kappa shape index (κ3) is 3.39. The van der Waals surface area contributed by atoms with Gasteiger partial charge in [0.15, 0.2) is 5.65 Å². The molecule has 128 valence electrons. The number of hydrogen-bond acceptors (Lipinski definition) is 5. The fourth-order valence-corrected chi connectivity index (χ4v) is 3.15. The van der Waals surface area contributed by atoms with Crippen LogP contribution in [0.2, 0.25) is 0 Å². The molecule has 0 N–H and O–H groups in total. The summed E-state index contributed by atoms with van der Waals surface area (Å²) in [5.74, 6) is 7.07. The fraction of sp³-hybridized carbons (Fsp3) is 0.529. The summed E-state index contributed by atoms with van der Waals surface area (Å²) in [6.07, 6.45) is 0.776. The minimum atomic E-state index is -0.357. The van der Waals surface area contributed by atoms with Crippen LogP contribution in [0.15, 0.2) is 14.6 Å². The Morgan fingerprint density at radius 2 is 1.96 bits per heavy atom. The molecule has 0 atom stereocenters. The fourth-order valence-electron chi connectivity index (χ4n) is 2.32. The van der Waals surface area contributed by atoms with Gasteiger partial charge in [-0.25, -0.2) is 14.8 Å². The Hall–Kier alpha value is -2.07. The van der Waals surface area contributed by atoms with Crippen LogP contribution in [0.5, 0.6) is 0 Å². The number of thioether (sulfide) groups is 1. The average Bonchev–Trinajstić information content (AvgIpc) is 2.56. The van der Waals surface area contributed by atoms with E-state index in [9.17, 15) is 9.59 Å². The third-order valence-electron chi connectivity index (χ3n) is 3.59. The summed E-state index contributed by atoms with van der Waals surface area (Å²) in [4.78, 5) is 34.2. The zero-order chi connectivity index (χ0) is 17.9. The van der Waals surface area contributed by atoms with Crippen molar-refractivity contribution in [2.45, 2.75) is 51.6 Å². The second-order valence-electron chi connectivity index (χ2n) is 5.75. The van der Waals surface area contributed by atoms with E-state index in [1.54, 1.807) is 11.5 Å². The van der Waals surface area contributed by atoms with Crippen LogP contribution >= 0.6 is 11.8 Å². The Morgan fingerprint density at radius 1 is 1.25 bits per heavy atom. The van der Waals surface area contributed by atoms with Gasteiger partial charge in [0.1, 0.15) is 16.2 Å². The van der Waals surface area contributed by atoms with Gasteiger partial charge in [-0.3, -0.25) is 13.9 Å². The smallest absolute Gasteiger partial charge is 0.277 e. The highest BCUT2D eigenvalue weighted by Gasteiger charge is 2.19. The molecule has 2 heterocycles. The SMILES string of the molecule is CC#CCSc1nc(C(C)C)nc2c1c(=O)n(C)c(=O)n2CCC. The van der Waals surface area contributed by atoms with E-state index in [1.165, 1.54) is 18.8 Å². The lowest BCUT2D eigenvalue weighted by molar-refractivity contribution is 0.603. The van der Waals surface area contributed by atoms with Crippen LogP contribution in [-0.2, 0) is 13.6 Å². The van der Waals surface area contributed by atoms with Crippen molar-refractivity contribution >= 4 is 22.8 Å². The van der Waals surface area contributed by atoms with Gasteiger partial charge in [-0.1, -0.05) is 38.5 Å². The Morgan fingerprint density at radius 3 is 2.54 bits per heavy atom. The van der Waals surface area contributed by atoms with E-state index in [0.717, 1.165) is 11.0 Å². The normalized spacial score (nSPS) is 10.9. The molecule has 2 rings (SSSR count). The zero-order valence-corrected chi connectivity index (χ0v) is 15.5. The molecule has 0 amide bonds. The van der Waals surface area contributed by atoms with Gasteiger partial charge in [0.25, 0.3) is 5.56 Å². The van der Waals surface area contributed by atoms with E-state index in [1.807, 2.05) is 20.8 Å². The Kier molecular flexibility index (Phi) is 5.84. The monoisotopic (exact) mass is 346 g/mol. The molecule has 7 heteroatoms. The maximum atomic E-state index is 12.7. The summed E-state index contributed by atoms with van der Waals surface area (Å²) in [5.41, 5.74) is -0.271. The van der Waals surface area contributed by atoms with Crippen LogP contribution in [0.4, 0.5) is 0 Å². The molecule has 0 aliphatic rings. The van der Waals surface area contributed by atoms with E-state index in [4.69, 9.17) is 0 Å². The van der Waals surface area contributed by atoms with E-state index < -0.39 is 0 Å². The van der Waals surface area contributed by atoms with Crippen molar-refractivity contribution in [3.8, 4) is 11.8 Å². The van der Waals surface area contributed by atoms with Gasteiger partial charge in [0, 0.05) is 19.5 Å². The van der Waals surface area contributed by atoms with Crippen LogP contribution in [0.1, 0.15) is 45.9 Å². The molecule has 0 spiro atoms. The number of nitrogens with zero attached hydrogens (tertiary/aromatic N) is 4. The van der Waals surface area contributed by atoms with Crippen molar-refractivity contribution in [1.29, 1.82) is 0 Å². The summed E-state index contributed by atoms with van der Waals surface area (Å²) >= 11 is 1.41. The molecule has 0 aliphatic carbocycles. The summed E-state index contributed by atoms with van der Waals surface area (Å²) in [5, 5.41) is 0.995. The van der Waals surface area contributed by atoms with Crippen molar-refractivity contribution in [3.05, 3.63) is 26.7 Å². The van der Waals surface area contributed by atoms with Crippen molar-refractivity contribution < 1.29 is 0 Å². The molecule has 2 aromatic rings. The Labute approximate surface area is 145 Å². The highest BCUT2D eigenvalue weighted by Crippen LogP contribution is 2.24. The van der Waals surface area contributed by atoms with Crippen molar-refractivity contribution in [3.63, 3.8) is 0 Å². The van der Waals surface area contributed by atoms with Crippen molar-refractivity contribution in [1.82, 2.24) is 19.1 Å². The summed E-state index contributed by atoms with van der Waals surface area (Å²) in [7, 11) is 1.49. The largest absolute Gasteiger partial charge is 0.332 e. The van der Waals surface area contributed by atoms with E-state index in [0.29, 0.717) is 34.2 Å². The molecular weight excluding hydrogens is 324 g/mol. The molecule has 0 aromatic carbocycles. The summed E-state index contributed by atoms with van der Waals surface area (Å²) < 4.78 is 2.70. The lowest BCUT2D eigenvalue weighted by atomic mass is 10.2. The first-order valence-corrected chi connectivity index (χ1v) is 8.94. The van der Waals surface area contributed by atoms with Crippen LogP contribution in [-0.4, -0.2) is 24.9 Å². The molecule has 0 saturated heterocycles. The lowest BCUT2D eigenvalue weighted by Gasteiger charge is -2.14. The number of rotatable bonds is 5. The van der Waals surface area contributed by atoms with Gasteiger partial charge >= 0.3 is 5.69 Å². The first-order valence-electron chi connectivity index (χ1n) is 7.96. The minimum Gasteiger partial charge on any atom is -0.277 e. The highest BCUT2D eigenvalue weighted by atomic mass is 32.2. The van der Waals surface area contributed by atoms with E-state index in [2.05, 4.69) is 21.8 Å². The third-order valence-corrected chi connectivity index (χ3v) is 4.44. The predicted octanol–water partition coefficient (Wildman–Crippen LogP) is 2.14. The van der Waals surface area contributed by atoms with Gasteiger partial charge in [0.05, 0.1) is 5.75 Å². The maximum absolute atomic E-state index is 12.7. The molecule has 0 unspecified atom stereocenters. The van der Waals surface area contributed by atoms with Gasteiger partial charge in [-0.2, -0.15) is 0 Å². The number of hydrogen-bond donors (Lipinski definition) is 0. The quantitative estimate of drug-likeness (QED) is 0.471. The first-order chi connectivity index (χ1) is 11.4. The summed E-state index contributed by atoms with van der Waals surface area (Å²) in [6.45, 7) is 8.25. The van der Waals surface area contributed by atoms with Crippen molar-refractivity contribution in [2.75, 3.05) is 5.75 Å². The molecule has 0 aliphatic heterocycles. The van der Waals surface area contributed by atoms with Crippen LogP contribution in [0.25, 0.3) is 11.0 Å². The number of aromatic nitrogens is 4. The van der Waals surface area contributed by atoms with Gasteiger partial charge in [0.2, 0.25) is 0 Å². The predicted molar refractivity (Wildman–Crippen MR) is 97.6 cm³/mol. The Balaban J connectivity index is 2.89. The zero-order valence-electron chi connectivity index (χ0n) is 14.7. The average molecular weight is 346 g/mol. The molecule has 0 saturated carbocycles. The summed E-state index contributed by atoms with van der Waals surface area (Å²) in [6, 6.07) is 0. The topological polar surface area (TPSA) is 69.8 Å². The van der Waals surface area contributed by atoms with Gasteiger partial charge < -0.3 is 0 Å².